The lowest BCUT2D eigenvalue weighted by Gasteiger charge is -2.16. The van der Waals surface area contributed by atoms with Gasteiger partial charge < -0.3 is 9.64 Å². The molecule has 0 N–H and O–H groups in total. The maximum absolute atomic E-state index is 11.3. The highest BCUT2D eigenvalue weighted by Gasteiger charge is 2.07. The monoisotopic (exact) mass is 255 g/mol. The zero-order valence-electron chi connectivity index (χ0n) is 10.4. The molecule has 0 radical (unpaired) electrons. The Labute approximate surface area is 107 Å². The topological polar surface area (TPSA) is 29.5 Å². The van der Waals surface area contributed by atoms with E-state index in [9.17, 15) is 4.79 Å². The van der Waals surface area contributed by atoms with E-state index < -0.39 is 0 Å². The molecule has 94 valence electrons. The number of halogens is 1. The Balaban J connectivity index is 2.59. The number of rotatable bonds is 5. The van der Waals surface area contributed by atoms with Gasteiger partial charge in [-0.2, -0.15) is 0 Å². The third-order valence-electron chi connectivity index (χ3n) is 2.25. The number of amides is 1. The second-order valence-corrected chi connectivity index (χ2v) is 4.46. The molecule has 0 saturated heterocycles. The highest BCUT2D eigenvalue weighted by Crippen LogP contribution is 2.14. The van der Waals surface area contributed by atoms with E-state index in [1.807, 2.05) is 38.1 Å². The molecule has 1 rings (SSSR count). The van der Waals surface area contributed by atoms with Crippen molar-refractivity contribution in [1.29, 1.82) is 0 Å². The smallest absolute Gasteiger partial charge is 0.237 e. The van der Waals surface area contributed by atoms with Crippen LogP contribution in [0.3, 0.4) is 0 Å². The van der Waals surface area contributed by atoms with Crippen molar-refractivity contribution >= 4 is 17.5 Å². The van der Waals surface area contributed by atoms with Gasteiger partial charge in [-0.1, -0.05) is 12.1 Å². The van der Waals surface area contributed by atoms with E-state index in [1.54, 1.807) is 11.9 Å². The number of alkyl halides is 1. The van der Waals surface area contributed by atoms with Gasteiger partial charge in [0.05, 0.1) is 6.10 Å². The van der Waals surface area contributed by atoms with Gasteiger partial charge >= 0.3 is 0 Å². The van der Waals surface area contributed by atoms with Gasteiger partial charge in [-0.05, 0) is 31.5 Å². The van der Waals surface area contributed by atoms with E-state index in [0.717, 1.165) is 11.3 Å². The molecule has 0 saturated carbocycles. The minimum absolute atomic E-state index is 0.0189. The molecular formula is C13H18ClNO2. The summed E-state index contributed by atoms with van der Waals surface area (Å²) < 4.78 is 5.54. The second kappa shape index (κ2) is 6.50. The molecule has 0 aliphatic carbocycles. The molecule has 0 aliphatic rings. The van der Waals surface area contributed by atoms with Crippen LogP contribution in [0.25, 0.3) is 0 Å². The van der Waals surface area contributed by atoms with Crippen LogP contribution in [-0.2, 0) is 11.3 Å². The lowest BCUT2D eigenvalue weighted by Crippen LogP contribution is -2.27. The van der Waals surface area contributed by atoms with Gasteiger partial charge in [0, 0.05) is 13.6 Å². The Morgan fingerprint density at radius 3 is 2.41 bits per heavy atom. The molecule has 3 nitrogen and oxygen atoms in total. The molecule has 1 amide bonds. The van der Waals surface area contributed by atoms with E-state index >= 15 is 0 Å². The summed E-state index contributed by atoms with van der Waals surface area (Å²) in [4.78, 5) is 12.9. The van der Waals surface area contributed by atoms with E-state index in [4.69, 9.17) is 16.3 Å². The summed E-state index contributed by atoms with van der Waals surface area (Å²) in [5, 5.41) is 0. The fourth-order valence-corrected chi connectivity index (χ4v) is 1.61. The Morgan fingerprint density at radius 2 is 1.94 bits per heavy atom. The Morgan fingerprint density at radius 1 is 1.35 bits per heavy atom. The van der Waals surface area contributed by atoms with E-state index in [2.05, 4.69) is 0 Å². The number of hydrogen-bond acceptors (Lipinski definition) is 2. The summed E-state index contributed by atoms with van der Waals surface area (Å²) in [5.74, 6) is 0.787. The molecule has 17 heavy (non-hydrogen) atoms. The van der Waals surface area contributed by atoms with Gasteiger partial charge in [0.15, 0.2) is 0 Å². The molecular weight excluding hydrogens is 238 g/mol. The fourth-order valence-electron chi connectivity index (χ4n) is 1.41. The number of carbonyl (C=O) groups excluding carboxylic acids is 1. The number of nitrogens with zero attached hydrogens (tertiary/aromatic N) is 1. The molecule has 0 fully saturated rings. The summed E-state index contributed by atoms with van der Waals surface area (Å²) in [5.41, 5.74) is 1.06. The van der Waals surface area contributed by atoms with E-state index in [0.29, 0.717) is 6.54 Å². The first-order valence-corrected chi connectivity index (χ1v) is 6.12. The lowest BCUT2D eigenvalue weighted by atomic mass is 10.2. The van der Waals surface area contributed by atoms with Gasteiger partial charge in [0.25, 0.3) is 0 Å². The first-order valence-electron chi connectivity index (χ1n) is 5.58. The van der Waals surface area contributed by atoms with Crippen LogP contribution < -0.4 is 4.74 Å². The van der Waals surface area contributed by atoms with Crippen molar-refractivity contribution in [2.24, 2.45) is 0 Å². The van der Waals surface area contributed by atoms with Gasteiger partial charge in [-0.15, -0.1) is 11.6 Å². The van der Waals surface area contributed by atoms with Crippen LogP contribution in [0.5, 0.6) is 5.75 Å². The van der Waals surface area contributed by atoms with Gasteiger partial charge in [0.1, 0.15) is 11.6 Å². The average Bonchev–Trinajstić information content (AvgIpc) is 2.30. The highest BCUT2D eigenvalue weighted by atomic mass is 35.5. The largest absolute Gasteiger partial charge is 0.491 e. The SMILES string of the molecule is CC(C)Oc1ccc(CN(C)C(=O)CCl)cc1. The maximum Gasteiger partial charge on any atom is 0.237 e. The molecule has 0 bridgehead atoms. The standard InChI is InChI=1S/C13H18ClNO2/c1-10(2)17-12-6-4-11(5-7-12)9-15(3)13(16)8-14/h4-7,10H,8-9H2,1-3H3. The third-order valence-corrected chi connectivity index (χ3v) is 2.48. The summed E-state index contributed by atoms with van der Waals surface area (Å²) in [6.07, 6.45) is 0.168. The van der Waals surface area contributed by atoms with Crippen LogP contribution in [0.4, 0.5) is 0 Å². The van der Waals surface area contributed by atoms with Crippen LogP contribution in [0, 0.1) is 0 Å². The first-order chi connectivity index (χ1) is 8.02. The predicted octanol–water partition coefficient (Wildman–Crippen LogP) is 2.67. The van der Waals surface area contributed by atoms with E-state index in [1.165, 1.54) is 0 Å². The Bertz CT molecular complexity index is 362. The number of hydrogen-bond donors (Lipinski definition) is 0. The first kappa shape index (κ1) is 13.8. The van der Waals surface area contributed by atoms with Gasteiger partial charge in [-0.3, -0.25) is 4.79 Å². The summed E-state index contributed by atoms with van der Waals surface area (Å²) in [6, 6.07) is 7.73. The minimum Gasteiger partial charge on any atom is -0.491 e. The van der Waals surface area contributed by atoms with Gasteiger partial charge in [0.2, 0.25) is 5.91 Å². The minimum atomic E-state index is -0.0748. The molecule has 0 aliphatic heterocycles. The summed E-state index contributed by atoms with van der Waals surface area (Å²) >= 11 is 5.48. The average molecular weight is 256 g/mol. The fraction of sp³-hybridized carbons (Fsp3) is 0.462. The maximum atomic E-state index is 11.3. The van der Waals surface area contributed by atoms with Crippen LogP contribution in [0.2, 0.25) is 0 Å². The zero-order chi connectivity index (χ0) is 12.8. The predicted molar refractivity (Wildman–Crippen MR) is 69.4 cm³/mol. The number of carbonyl (C=O) groups is 1. The molecule has 0 heterocycles. The summed E-state index contributed by atoms with van der Waals surface area (Å²) in [7, 11) is 1.74. The van der Waals surface area contributed by atoms with Crippen LogP contribution in [0.1, 0.15) is 19.4 Å². The molecule has 4 heteroatoms. The molecule has 1 aromatic carbocycles. The quantitative estimate of drug-likeness (QED) is 0.757. The third kappa shape index (κ3) is 4.65. The van der Waals surface area contributed by atoms with Crippen molar-refractivity contribution < 1.29 is 9.53 Å². The number of ether oxygens (including phenoxy) is 1. The van der Waals surface area contributed by atoms with Crippen molar-refractivity contribution in [3.05, 3.63) is 29.8 Å². The van der Waals surface area contributed by atoms with Crippen LogP contribution in [0.15, 0.2) is 24.3 Å². The molecule has 0 unspecified atom stereocenters. The van der Waals surface area contributed by atoms with E-state index in [-0.39, 0.29) is 17.9 Å². The van der Waals surface area contributed by atoms with Crippen LogP contribution in [-0.4, -0.2) is 29.8 Å². The summed E-state index contributed by atoms with van der Waals surface area (Å²) in [6.45, 7) is 4.54. The van der Waals surface area contributed by atoms with Crippen molar-refractivity contribution in [3.63, 3.8) is 0 Å². The molecule has 0 spiro atoms. The van der Waals surface area contributed by atoms with Crippen molar-refractivity contribution in [3.8, 4) is 5.75 Å². The molecule has 1 aromatic rings. The van der Waals surface area contributed by atoms with Crippen LogP contribution >= 0.6 is 11.6 Å². The Kier molecular flexibility index (Phi) is 5.29. The zero-order valence-corrected chi connectivity index (χ0v) is 11.2. The highest BCUT2D eigenvalue weighted by molar-refractivity contribution is 6.27. The molecule has 0 atom stereocenters. The second-order valence-electron chi connectivity index (χ2n) is 4.19. The van der Waals surface area contributed by atoms with Gasteiger partial charge in [-0.25, -0.2) is 0 Å². The van der Waals surface area contributed by atoms with Crippen molar-refractivity contribution in [2.45, 2.75) is 26.5 Å². The lowest BCUT2D eigenvalue weighted by molar-refractivity contribution is -0.127. The van der Waals surface area contributed by atoms with Crippen molar-refractivity contribution in [1.82, 2.24) is 4.90 Å². The van der Waals surface area contributed by atoms with Crippen molar-refractivity contribution in [2.75, 3.05) is 12.9 Å². The number of benzene rings is 1. The normalized spacial score (nSPS) is 10.4. The molecule has 0 aromatic heterocycles. The Hall–Kier alpha value is -1.22.